The molecule has 3 aromatic carbocycles. The summed E-state index contributed by atoms with van der Waals surface area (Å²) < 4.78 is 21.5. The average molecular weight is 448 g/mol. The Kier molecular flexibility index (Phi) is 6.08. The number of para-hydroxylation sites is 1. The van der Waals surface area contributed by atoms with Gasteiger partial charge < -0.3 is 24.3 Å². The van der Waals surface area contributed by atoms with Gasteiger partial charge in [0.15, 0.2) is 11.5 Å². The molecule has 8 heteroatoms. The molecule has 0 radical (unpaired) electrons. The third-order valence-electron chi connectivity index (χ3n) is 5.44. The first-order valence-electron chi connectivity index (χ1n) is 10.2. The van der Waals surface area contributed by atoms with Crippen molar-refractivity contribution in [1.29, 1.82) is 0 Å². The second-order valence-corrected chi connectivity index (χ2v) is 7.29. The molecule has 1 heterocycles. The van der Waals surface area contributed by atoms with E-state index in [1.54, 1.807) is 19.2 Å². The quantitative estimate of drug-likeness (QED) is 0.614. The van der Waals surface area contributed by atoms with Crippen LogP contribution >= 0.6 is 0 Å². The molecule has 4 rings (SSSR count). The summed E-state index contributed by atoms with van der Waals surface area (Å²) in [5.41, 5.74) is 3.17. The molecule has 0 bridgehead atoms. The number of carbonyl (C=O) groups is 2. The molecule has 170 valence electrons. The highest BCUT2D eigenvalue weighted by Gasteiger charge is 2.29. The van der Waals surface area contributed by atoms with E-state index in [1.807, 2.05) is 42.5 Å². The highest BCUT2D eigenvalue weighted by molar-refractivity contribution is 6.15. The molecule has 0 saturated heterocycles. The average Bonchev–Trinajstić information content (AvgIpc) is 2.86. The van der Waals surface area contributed by atoms with Gasteiger partial charge in [0.2, 0.25) is 11.7 Å². The van der Waals surface area contributed by atoms with Gasteiger partial charge in [-0.1, -0.05) is 24.3 Å². The van der Waals surface area contributed by atoms with Gasteiger partial charge in [-0.05, 0) is 35.9 Å². The van der Waals surface area contributed by atoms with Crippen LogP contribution in [0.5, 0.6) is 23.0 Å². The van der Waals surface area contributed by atoms with Crippen molar-refractivity contribution < 1.29 is 28.5 Å². The molecule has 0 unspecified atom stereocenters. The van der Waals surface area contributed by atoms with Crippen molar-refractivity contribution >= 4 is 23.2 Å². The molecule has 3 aromatic rings. The number of fused-ring (bicyclic) bond motifs is 1. The van der Waals surface area contributed by atoms with E-state index in [9.17, 15) is 9.59 Å². The Balaban J connectivity index is 1.76. The summed E-state index contributed by atoms with van der Waals surface area (Å²) in [6.07, 6.45) is 0. The van der Waals surface area contributed by atoms with Gasteiger partial charge in [0, 0.05) is 11.1 Å². The minimum Gasteiger partial charge on any atom is -0.496 e. The number of hydrogen-bond donors (Lipinski definition) is 1. The fraction of sp³-hybridized carbons (Fsp3) is 0.200. The largest absolute Gasteiger partial charge is 0.496 e. The summed E-state index contributed by atoms with van der Waals surface area (Å²) in [5.74, 6) is 1.15. The second kappa shape index (κ2) is 9.12. The number of hydrogen-bond acceptors (Lipinski definition) is 6. The van der Waals surface area contributed by atoms with Crippen molar-refractivity contribution in [1.82, 2.24) is 0 Å². The molecule has 1 aliphatic rings. The summed E-state index contributed by atoms with van der Waals surface area (Å²) in [7, 11) is 6.06. The molecule has 2 amide bonds. The minimum absolute atomic E-state index is 0.115. The Labute approximate surface area is 191 Å². The number of methoxy groups -OCH3 is 4. The number of benzene rings is 3. The van der Waals surface area contributed by atoms with E-state index < -0.39 is 0 Å². The van der Waals surface area contributed by atoms with Gasteiger partial charge in [-0.15, -0.1) is 0 Å². The maximum Gasteiger partial charge on any atom is 0.259 e. The number of nitrogens with zero attached hydrogens (tertiary/aromatic N) is 1. The molecule has 0 aromatic heterocycles. The number of anilines is 2. The van der Waals surface area contributed by atoms with Crippen LogP contribution in [0.15, 0.2) is 54.6 Å². The van der Waals surface area contributed by atoms with Crippen molar-refractivity contribution in [2.75, 3.05) is 45.2 Å². The molecule has 0 atom stereocenters. The van der Waals surface area contributed by atoms with Gasteiger partial charge in [0.25, 0.3) is 5.91 Å². The van der Waals surface area contributed by atoms with Crippen LogP contribution in [0.25, 0.3) is 11.1 Å². The highest BCUT2D eigenvalue weighted by Crippen LogP contribution is 2.40. The van der Waals surface area contributed by atoms with Crippen LogP contribution < -0.4 is 29.2 Å². The van der Waals surface area contributed by atoms with Gasteiger partial charge >= 0.3 is 0 Å². The zero-order valence-electron chi connectivity index (χ0n) is 18.8. The maximum absolute atomic E-state index is 13.5. The zero-order valence-corrected chi connectivity index (χ0v) is 18.8. The monoisotopic (exact) mass is 448 g/mol. The van der Waals surface area contributed by atoms with Crippen molar-refractivity contribution in [3.8, 4) is 34.1 Å². The van der Waals surface area contributed by atoms with Crippen molar-refractivity contribution in [2.45, 2.75) is 0 Å². The maximum atomic E-state index is 13.5. The second-order valence-electron chi connectivity index (χ2n) is 7.29. The van der Waals surface area contributed by atoms with Crippen LogP contribution in [-0.2, 0) is 4.79 Å². The standard InChI is InChI=1S/C25H24N2O6/c1-30-20-8-6-5-7-17(20)15-9-10-19-18(11-15)26-23(28)14-27(19)25(29)16-12-21(31-2)24(33-4)22(13-16)32-3/h5-13H,14H2,1-4H3,(H,26,28). The van der Waals surface area contributed by atoms with E-state index in [4.69, 9.17) is 18.9 Å². The molecule has 1 N–H and O–H groups in total. The Morgan fingerprint density at radius 1 is 0.848 bits per heavy atom. The summed E-state index contributed by atoms with van der Waals surface area (Å²) in [6, 6.07) is 16.3. The fourth-order valence-corrected chi connectivity index (χ4v) is 3.88. The van der Waals surface area contributed by atoms with Crippen LogP contribution in [0.1, 0.15) is 10.4 Å². The molecule has 8 nitrogen and oxygen atoms in total. The molecule has 0 saturated carbocycles. The Hall–Kier alpha value is -4.20. The Bertz CT molecular complexity index is 1200. The molecule has 0 spiro atoms. The first-order valence-corrected chi connectivity index (χ1v) is 10.2. The molecule has 33 heavy (non-hydrogen) atoms. The van der Waals surface area contributed by atoms with Crippen molar-refractivity contribution in [3.05, 3.63) is 60.2 Å². The lowest BCUT2D eigenvalue weighted by molar-refractivity contribution is -0.115. The van der Waals surface area contributed by atoms with Crippen molar-refractivity contribution in [3.63, 3.8) is 0 Å². The van der Waals surface area contributed by atoms with Crippen LogP contribution in [-0.4, -0.2) is 46.8 Å². The van der Waals surface area contributed by atoms with Gasteiger partial charge in [-0.2, -0.15) is 0 Å². The number of rotatable bonds is 6. The van der Waals surface area contributed by atoms with E-state index in [-0.39, 0.29) is 18.4 Å². The molecule has 0 aliphatic carbocycles. The summed E-state index contributed by atoms with van der Waals surface area (Å²) in [5, 5.41) is 2.86. The lowest BCUT2D eigenvalue weighted by Crippen LogP contribution is -2.42. The van der Waals surface area contributed by atoms with Crippen LogP contribution in [0, 0.1) is 0 Å². The van der Waals surface area contributed by atoms with E-state index in [0.717, 1.165) is 11.1 Å². The molecule has 0 fully saturated rings. The predicted octanol–water partition coefficient (Wildman–Crippen LogP) is 3.99. The van der Waals surface area contributed by atoms with Crippen LogP contribution in [0.4, 0.5) is 11.4 Å². The SMILES string of the molecule is COc1ccccc1-c1ccc2c(c1)NC(=O)CN2C(=O)c1cc(OC)c(OC)c(OC)c1. The van der Waals surface area contributed by atoms with Gasteiger partial charge in [0.1, 0.15) is 12.3 Å². The number of ether oxygens (including phenoxy) is 4. The third-order valence-corrected chi connectivity index (χ3v) is 5.44. The van der Waals surface area contributed by atoms with E-state index in [2.05, 4.69) is 5.32 Å². The summed E-state index contributed by atoms with van der Waals surface area (Å²) in [6.45, 7) is -0.115. The molecular weight excluding hydrogens is 424 g/mol. The smallest absolute Gasteiger partial charge is 0.259 e. The van der Waals surface area contributed by atoms with Gasteiger partial charge in [-0.3, -0.25) is 14.5 Å². The number of nitrogens with one attached hydrogen (secondary N) is 1. The molecule has 1 aliphatic heterocycles. The number of carbonyl (C=O) groups excluding carboxylic acids is 2. The van der Waals surface area contributed by atoms with Crippen LogP contribution in [0.2, 0.25) is 0 Å². The Morgan fingerprint density at radius 2 is 1.52 bits per heavy atom. The first-order chi connectivity index (χ1) is 16.0. The van der Waals surface area contributed by atoms with E-state index in [0.29, 0.717) is 39.9 Å². The fourth-order valence-electron chi connectivity index (χ4n) is 3.88. The zero-order chi connectivity index (χ0) is 23.5. The topological polar surface area (TPSA) is 86.3 Å². The summed E-state index contributed by atoms with van der Waals surface area (Å²) in [4.78, 5) is 27.4. The van der Waals surface area contributed by atoms with E-state index >= 15 is 0 Å². The van der Waals surface area contributed by atoms with Crippen molar-refractivity contribution in [2.24, 2.45) is 0 Å². The van der Waals surface area contributed by atoms with Gasteiger partial charge in [-0.25, -0.2) is 0 Å². The minimum atomic E-state index is -0.365. The van der Waals surface area contributed by atoms with Gasteiger partial charge in [0.05, 0.1) is 39.8 Å². The number of amides is 2. The normalized spacial score (nSPS) is 12.5. The highest BCUT2D eigenvalue weighted by atomic mass is 16.5. The lowest BCUT2D eigenvalue weighted by atomic mass is 10.0. The van der Waals surface area contributed by atoms with Crippen LogP contribution in [0.3, 0.4) is 0 Å². The lowest BCUT2D eigenvalue weighted by Gasteiger charge is -2.30. The third kappa shape index (κ3) is 4.03. The Morgan fingerprint density at radius 3 is 2.15 bits per heavy atom. The molecular formula is C25H24N2O6. The predicted molar refractivity (Wildman–Crippen MR) is 125 cm³/mol. The van der Waals surface area contributed by atoms with E-state index in [1.165, 1.54) is 26.2 Å². The summed E-state index contributed by atoms with van der Waals surface area (Å²) >= 11 is 0. The first kappa shape index (κ1) is 22.0.